The summed E-state index contributed by atoms with van der Waals surface area (Å²) in [5.74, 6) is 0. The maximum Gasteiger partial charge on any atom is 0.150 e. The van der Waals surface area contributed by atoms with E-state index in [1.54, 1.807) is 0 Å². The standard InChI is InChI=1S/C14H16N2O/c1-3-8-16-9-14(11(2)15-16)13-6-4-12(10-17)5-7-13/h4-7,9-10H,3,8H2,1-2H3. The summed E-state index contributed by atoms with van der Waals surface area (Å²) in [6, 6.07) is 7.59. The molecule has 2 rings (SSSR count). The maximum atomic E-state index is 10.6. The van der Waals surface area contributed by atoms with Crippen molar-refractivity contribution in [2.24, 2.45) is 0 Å². The van der Waals surface area contributed by atoms with Crippen LogP contribution in [0, 0.1) is 6.92 Å². The summed E-state index contributed by atoms with van der Waals surface area (Å²) >= 11 is 0. The van der Waals surface area contributed by atoms with Crippen LogP contribution in [-0.4, -0.2) is 16.1 Å². The highest BCUT2D eigenvalue weighted by atomic mass is 16.1. The third-order valence-electron chi connectivity index (χ3n) is 2.76. The molecule has 0 aliphatic carbocycles. The monoisotopic (exact) mass is 228 g/mol. The van der Waals surface area contributed by atoms with E-state index in [4.69, 9.17) is 0 Å². The van der Waals surface area contributed by atoms with Gasteiger partial charge in [-0.2, -0.15) is 5.10 Å². The number of nitrogens with zero attached hydrogens (tertiary/aromatic N) is 2. The Balaban J connectivity index is 2.34. The van der Waals surface area contributed by atoms with Crippen molar-refractivity contribution < 1.29 is 4.79 Å². The van der Waals surface area contributed by atoms with Gasteiger partial charge in [0.05, 0.1) is 5.69 Å². The average Bonchev–Trinajstić information content (AvgIpc) is 2.71. The molecule has 88 valence electrons. The molecule has 1 aromatic carbocycles. The highest BCUT2D eigenvalue weighted by molar-refractivity contribution is 5.77. The molecule has 3 heteroatoms. The van der Waals surface area contributed by atoms with E-state index in [9.17, 15) is 4.79 Å². The molecule has 0 saturated carbocycles. The molecule has 0 saturated heterocycles. The molecule has 17 heavy (non-hydrogen) atoms. The van der Waals surface area contributed by atoms with Crippen LogP contribution in [0.25, 0.3) is 11.1 Å². The highest BCUT2D eigenvalue weighted by Crippen LogP contribution is 2.22. The number of aryl methyl sites for hydroxylation is 2. The molecule has 2 aromatic rings. The van der Waals surface area contributed by atoms with E-state index in [-0.39, 0.29) is 0 Å². The number of aromatic nitrogens is 2. The molecule has 0 spiro atoms. The molecule has 0 unspecified atom stereocenters. The zero-order chi connectivity index (χ0) is 12.3. The van der Waals surface area contributed by atoms with Crippen LogP contribution in [0.3, 0.4) is 0 Å². The SMILES string of the molecule is CCCn1cc(-c2ccc(C=O)cc2)c(C)n1. The quantitative estimate of drug-likeness (QED) is 0.754. The second-order valence-corrected chi connectivity index (χ2v) is 4.13. The zero-order valence-corrected chi connectivity index (χ0v) is 10.2. The molecule has 1 heterocycles. The van der Waals surface area contributed by atoms with Gasteiger partial charge in [0.1, 0.15) is 6.29 Å². The topological polar surface area (TPSA) is 34.9 Å². The number of carbonyl (C=O) groups excluding carboxylic acids is 1. The van der Waals surface area contributed by atoms with Gasteiger partial charge in [0.2, 0.25) is 0 Å². The Labute approximate surface area is 101 Å². The van der Waals surface area contributed by atoms with E-state index in [0.29, 0.717) is 5.56 Å². The maximum absolute atomic E-state index is 10.6. The smallest absolute Gasteiger partial charge is 0.150 e. The predicted octanol–water partition coefficient (Wildman–Crippen LogP) is 3.08. The fourth-order valence-electron chi connectivity index (χ4n) is 1.89. The van der Waals surface area contributed by atoms with Gasteiger partial charge < -0.3 is 0 Å². The third-order valence-corrected chi connectivity index (χ3v) is 2.76. The van der Waals surface area contributed by atoms with Crippen molar-refractivity contribution in [3.8, 4) is 11.1 Å². The fourth-order valence-corrected chi connectivity index (χ4v) is 1.89. The number of hydrogen-bond donors (Lipinski definition) is 0. The molecule has 0 aliphatic heterocycles. The summed E-state index contributed by atoms with van der Waals surface area (Å²) in [4.78, 5) is 10.6. The number of benzene rings is 1. The van der Waals surface area contributed by atoms with Crippen molar-refractivity contribution in [2.45, 2.75) is 26.8 Å². The second-order valence-electron chi connectivity index (χ2n) is 4.13. The van der Waals surface area contributed by atoms with E-state index < -0.39 is 0 Å². The summed E-state index contributed by atoms with van der Waals surface area (Å²) in [5, 5.41) is 4.47. The molecule has 0 N–H and O–H groups in total. The molecular weight excluding hydrogens is 212 g/mol. The van der Waals surface area contributed by atoms with Gasteiger partial charge in [-0.3, -0.25) is 9.48 Å². The van der Waals surface area contributed by atoms with Crippen LogP contribution in [0.1, 0.15) is 29.4 Å². The van der Waals surface area contributed by atoms with E-state index in [1.807, 2.05) is 35.9 Å². The van der Waals surface area contributed by atoms with Crippen LogP contribution in [-0.2, 0) is 6.54 Å². The highest BCUT2D eigenvalue weighted by Gasteiger charge is 2.06. The zero-order valence-electron chi connectivity index (χ0n) is 10.2. The first kappa shape index (κ1) is 11.6. The van der Waals surface area contributed by atoms with Gasteiger partial charge in [0.25, 0.3) is 0 Å². The van der Waals surface area contributed by atoms with Crippen molar-refractivity contribution >= 4 is 6.29 Å². The number of hydrogen-bond acceptors (Lipinski definition) is 2. The van der Waals surface area contributed by atoms with Gasteiger partial charge in [0, 0.05) is 23.9 Å². The summed E-state index contributed by atoms with van der Waals surface area (Å²) in [6.45, 7) is 5.08. The molecule has 0 fully saturated rings. The summed E-state index contributed by atoms with van der Waals surface area (Å²) in [5.41, 5.74) is 3.97. The minimum atomic E-state index is 0.701. The predicted molar refractivity (Wildman–Crippen MR) is 68.1 cm³/mol. The molecule has 0 aliphatic rings. The Hall–Kier alpha value is -1.90. The number of carbonyl (C=O) groups is 1. The van der Waals surface area contributed by atoms with Crippen molar-refractivity contribution in [3.05, 3.63) is 41.7 Å². The molecular formula is C14H16N2O. The van der Waals surface area contributed by atoms with Gasteiger partial charge in [-0.25, -0.2) is 0 Å². The van der Waals surface area contributed by atoms with Gasteiger partial charge in [-0.15, -0.1) is 0 Å². The van der Waals surface area contributed by atoms with Crippen molar-refractivity contribution in [2.75, 3.05) is 0 Å². The Morgan fingerprint density at radius 3 is 2.59 bits per heavy atom. The van der Waals surface area contributed by atoms with Crippen LogP contribution in [0.4, 0.5) is 0 Å². The summed E-state index contributed by atoms with van der Waals surface area (Å²) < 4.78 is 1.97. The lowest BCUT2D eigenvalue weighted by atomic mass is 10.1. The Morgan fingerprint density at radius 1 is 1.29 bits per heavy atom. The largest absolute Gasteiger partial charge is 0.298 e. The van der Waals surface area contributed by atoms with Gasteiger partial charge in [0.15, 0.2) is 0 Å². The van der Waals surface area contributed by atoms with Gasteiger partial charge in [-0.05, 0) is 18.9 Å². The fraction of sp³-hybridized carbons (Fsp3) is 0.286. The van der Waals surface area contributed by atoms with Crippen LogP contribution in [0.5, 0.6) is 0 Å². The minimum absolute atomic E-state index is 0.701. The van der Waals surface area contributed by atoms with Gasteiger partial charge >= 0.3 is 0 Å². The summed E-state index contributed by atoms with van der Waals surface area (Å²) in [6.07, 6.45) is 4.00. The normalized spacial score (nSPS) is 10.5. The van der Waals surface area contributed by atoms with E-state index in [0.717, 1.165) is 36.1 Å². The first-order valence-electron chi connectivity index (χ1n) is 5.84. The van der Waals surface area contributed by atoms with Crippen molar-refractivity contribution in [1.29, 1.82) is 0 Å². The molecule has 3 nitrogen and oxygen atoms in total. The molecule has 0 amide bonds. The first-order valence-corrected chi connectivity index (χ1v) is 5.84. The van der Waals surface area contributed by atoms with Crippen LogP contribution < -0.4 is 0 Å². The van der Waals surface area contributed by atoms with Crippen LogP contribution in [0.2, 0.25) is 0 Å². The van der Waals surface area contributed by atoms with Gasteiger partial charge in [-0.1, -0.05) is 31.2 Å². The molecule has 0 atom stereocenters. The summed E-state index contributed by atoms with van der Waals surface area (Å²) in [7, 11) is 0. The number of rotatable bonds is 4. The van der Waals surface area contributed by atoms with Crippen molar-refractivity contribution in [3.63, 3.8) is 0 Å². The molecule has 1 aromatic heterocycles. The number of aldehydes is 1. The Bertz CT molecular complexity index is 512. The second kappa shape index (κ2) is 4.95. The van der Waals surface area contributed by atoms with E-state index >= 15 is 0 Å². The lowest BCUT2D eigenvalue weighted by Gasteiger charge is -1.99. The molecule has 0 radical (unpaired) electrons. The van der Waals surface area contributed by atoms with Crippen molar-refractivity contribution in [1.82, 2.24) is 9.78 Å². The average molecular weight is 228 g/mol. The lowest BCUT2D eigenvalue weighted by molar-refractivity contribution is 0.112. The molecule has 0 bridgehead atoms. The Morgan fingerprint density at radius 2 is 2.00 bits per heavy atom. The third kappa shape index (κ3) is 2.44. The lowest BCUT2D eigenvalue weighted by Crippen LogP contribution is -1.96. The van der Waals surface area contributed by atoms with Crippen LogP contribution >= 0.6 is 0 Å². The minimum Gasteiger partial charge on any atom is -0.298 e. The van der Waals surface area contributed by atoms with E-state index in [1.165, 1.54) is 0 Å². The Kier molecular flexibility index (Phi) is 3.38. The van der Waals surface area contributed by atoms with Crippen LogP contribution in [0.15, 0.2) is 30.5 Å². The first-order chi connectivity index (χ1) is 8.24. The van der Waals surface area contributed by atoms with E-state index in [2.05, 4.69) is 18.2 Å².